The van der Waals surface area contributed by atoms with E-state index in [0.717, 1.165) is 50.2 Å². The molecule has 2 atom stereocenters. The van der Waals surface area contributed by atoms with Crippen molar-refractivity contribution in [2.45, 2.75) is 25.1 Å². The molecule has 4 rings (SSSR count). The van der Waals surface area contributed by atoms with E-state index in [0.29, 0.717) is 18.8 Å². The van der Waals surface area contributed by atoms with E-state index in [1.54, 1.807) is 26.5 Å². The number of alkyl halides is 1. The summed E-state index contributed by atoms with van der Waals surface area (Å²) in [5.74, 6) is 7.02. The van der Waals surface area contributed by atoms with Gasteiger partial charge in [0.25, 0.3) is 0 Å². The van der Waals surface area contributed by atoms with E-state index in [4.69, 9.17) is 4.74 Å². The number of piperidine rings is 1. The molecular weight excluding hydrogens is 506 g/mol. The second-order valence-corrected chi connectivity index (χ2v) is 13.9. The number of thiophene rings is 1. The molecule has 1 aliphatic heterocycles. The number of hydrogen-bond donors (Lipinski definition) is 2. The first-order valence-electron chi connectivity index (χ1n) is 12.2. The molecule has 2 N–H and O–H groups in total. The second kappa shape index (κ2) is 11.6. The fourth-order valence-electron chi connectivity index (χ4n) is 4.48. The van der Waals surface area contributed by atoms with Crippen LogP contribution in [0.25, 0.3) is 10.1 Å². The smallest absolute Gasteiger partial charge is 0.142 e. The maximum absolute atomic E-state index is 14.7. The van der Waals surface area contributed by atoms with Crippen molar-refractivity contribution in [3.05, 3.63) is 46.8 Å². The molecule has 9 heteroatoms. The Morgan fingerprint density at radius 2 is 2.08 bits per heavy atom. The third kappa shape index (κ3) is 6.28. The molecule has 0 aliphatic carbocycles. The Kier molecular flexibility index (Phi) is 8.45. The van der Waals surface area contributed by atoms with Gasteiger partial charge in [-0.05, 0) is 51.1 Å². The van der Waals surface area contributed by atoms with Gasteiger partial charge >= 0.3 is 0 Å². The Labute approximate surface area is 222 Å². The Bertz CT molecular complexity index is 1430. The van der Waals surface area contributed by atoms with E-state index in [-0.39, 0.29) is 12.5 Å². The lowest BCUT2D eigenvalue weighted by atomic mass is 10.0. The Morgan fingerprint density at radius 1 is 1.27 bits per heavy atom. The summed E-state index contributed by atoms with van der Waals surface area (Å²) < 4.78 is 33.5. The first kappa shape index (κ1) is 27.0. The molecule has 1 saturated heterocycles. The van der Waals surface area contributed by atoms with Crippen LogP contribution in [0.2, 0.25) is 0 Å². The van der Waals surface area contributed by atoms with E-state index in [1.165, 1.54) is 11.3 Å². The molecular formula is C28H32FN4O2PS. The van der Waals surface area contributed by atoms with Crippen molar-refractivity contribution in [2.24, 2.45) is 0 Å². The maximum Gasteiger partial charge on any atom is 0.142 e. The average molecular weight is 539 g/mol. The van der Waals surface area contributed by atoms with Gasteiger partial charge in [-0.1, -0.05) is 24.0 Å². The maximum atomic E-state index is 14.7. The number of nitrogens with one attached hydrogen (secondary N) is 2. The van der Waals surface area contributed by atoms with E-state index in [2.05, 4.69) is 28.5 Å². The molecule has 1 aliphatic rings. The molecule has 37 heavy (non-hydrogen) atoms. The van der Waals surface area contributed by atoms with Crippen LogP contribution in [-0.2, 0) is 11.0 Å². The largest absolute Gasteiger partial charge is 0.495 e. The highest BCUT2D eigenvalue weighted by Crippen LogP contribution is 2.38. The Hall–Kier alpha value is -3.03. The van der Waals surface area contributed by atoms with Gasteiger partial charge in [0.15, 0.2) is 0 Å². The molecule has 2 aromatic carbocycles. The monoisotopic (exact) mass is 538 g/mol. The van der Waals surface area contributed by atoms with Crippen LogP contribution in [0.3, 0.4) is 0 Å². The van der Waals surface area contributed by atoms with E-state index in [9.17, 15) is 14.2 Å². The number of halogens is 1. The standard InChI is InChI=1S/C28H32FN4O2PS/c1-33-16-13-23(22(29)18-33)32-25-8-5-7-21-20(12-14-30)27(37-28(21)25)9-6-15-31-24-11-10-19(36(3,4)34)17-26(24)35-2/h5,7-8,10-11,17,22-23,31-32H,12-13,15-16,18H2,1-4H3. The minimum Gasteiger partial charge on any atom is -0.495 e. The van der Waals surface area contributed by atoms with Gasteiger partial charge in [0, 0.05) is 29.3 Å². The van der Waals surface area contributed by atoms with Crippen molar-refractivity contribution in [1.29, 1.82) is 5.26 Å². The van der Waals surface area contributed by atoms with Crippen LogP contribution >= 0.6 is 18.5 Å². The third-order valence-electron chi connectivity index (χ3n) is 6.54. The van der Waals surface area contributed by atoms with E-state index >= 15 is 0 Å². The van der Waals surface area contributed by atoms with Gasteiger partial charge in [-0.15, -0.1) is 11.3 Å². The number of anilines is 2. The molecule has 2 unspecified atom stereocenters. The summed E-state index contributed by atoms with van der Waals surface area (Å²) in [5, 5.41) is 17.9. The van der Waals surface area contributed by atoms with Crippen molar-refractivity contribution < 1.29 is 13.7 Å². The highest BCUT2D eigenvalue weighted by Gasteiger charge is 2.28. The van der Waals surface area contributed by atoms with Crippen molar-refractivity contribution in [2.75, 3.05) is 57.8 Å². The predicted molar refractivity (Wildman–Crippen MR) is 153 cm³/mol. The molecule has 1 aromatic heterocycles. The van der Waals surface area contributed by atoms with Crippen molar-refractivity contribution >= 4 is 45.2 Å². The minimum absolute atomic E-state index is 0.238. The van der Waals surface area contributed by atoms with E-state index in [1.807, 2.05) is 42.3 Å². The van der Waals surface area contributed by atoms with Crippen LogP contribution < -0.4 is 20.7 Å². The van der Waals surface area contributed by atoms with Crippen LogP contribution in [0.4, 0.5) is 15.8 Å². The highest BCUT2D eigenvalue weighted by molar-refractivity contribution is 7.70. The molecule has 0 amide bonds. The van der Waals surface area contributed by atoms with Gasteiger partial charge in [0.1, 0.15) is 19.1 Å². The molecule has 1 fully saturated rings. The lowest BCUT2D eigenvalue weighted by molar-refractivity contribution is 0.149. The summed E-state index contributed by atoms with van der Waals surface area (Å²) in [6.07, 6.45) is 0.0523. The van der Waals surface area contributed by atoms with E-state index < -0.39 is 13.3 Å². The molecule has 0 radical (unpaired) electrons. The minimum atomic E-state index is -2.39. The zero-order valence-electron chi connectivity index (χ0n) is 21.6. The van der Waals surface area contributed by atoms with Crippen LogP contribution in [0.5, 0.6) is 5.75 Å². The highest BCUT2D eigenvalue weighted by atomic mass is 32.1. The third-order valence-corrected chi connectivity index (χ3v) is 9.25. The molecule has 0 spiro atoms. The van der Waals surface area contributed by atoms with Crippen molar-refractivity contribution in [3.8, 4) is 23.7 Å². The second-order valence-electron chi connectivity index (χ2n) is 9.64. The quantitative estimate of drug-likeness (QED) is 0.320. The number of rotatable bonds is 7. The van der Waals surface area contributed by atoms with Crippen LogP contribution in [0.1, 0.15) is 16.9 Å². The van der Waals surface area contributed by atoms with Gasteiger partial charge in [0.2, 0.25) is 0 Å². The van der Waals surface area contributed by atoms with Crippen LogP contribution in [0.15, 0.2) is 36.4 Å². The van der Waals surface area contributed by atoms with Gasteiger partial charge in [0.05, 0.1) is 53.1 Å². The average Bonchev–Trinajstić information content (AvgIpc) is 3.21. The molecule has 2 heterocycles. The zero-order chi connectivity index (χ0) is 26.6. The molecule has 194 valence electrons. The number of ether oxygens (including phenoxy) is 1. The predicted octanol–water partition coefficient (Wildman–Crippen LogP) is 5.14. The number of fused-ring (bicyclic) bond motifs is 1. The Balaban J connectivity index is 1.56. The summed E-state index contributed by atoms with van der Waals surface area (Å²) in [6.45, 7) is 5.11. The molecule has 3 aromatic rings. The summed E-state index contributed by atoms with van der Waals surface area (Å²) in [4.78, 5) is 2.85. The van der Waals surface area contributed by atoms with Gasteiger partial charge in [-0.25, -0.2) is 4.39 Å². The van der Waals surface area contributed by atoms with Gasteiger partial charge < -0.3 is 24.8 Å². The summed E-state index contributed by atoms with van der Waals surface area (Å²) >= 11 is 1.54. The molecule has 0 saturated carbocycles. The van der Waals surface area contributed by atoms with Crippen LogP contribution in [0, 0.1) is 23.2 Å². The zero-order valence-corrected chi connectivity index (χ0v) is 23.3. The van der Waals surface area contributed by atoms with Crippen molar-refractivity contribution in [3.63, 3.8) is 0 Å². The summed E-state index contributed by atoms with van der Waals surface area (Å²) in [5.41, 5.74) is 2.56. The SMILES string of the molecule is COc1cc(P(C)(C)=O)ccc1NCC#Cc1sc2c(NC3CCN(C)CC3F)cccc2c1CC#N. The van der Waals surface area contributed by atoms with Crippen LogP contribution in [-0.4, -0.2) is 64.2 Å². The lowest BCUT2D eigenvalue weighted by Crippen LogP contribution is -2.46. The number of nitrogens with zero attached hydrogens (tertiary/aromatic N) is 2. The van der Waals surface area contributed by atoms with Gasteiger partial charge in [-0.3, -0.25) is 0 Å². The number of methoxy groups -OCH3 is 1. The molecule has 0 bridgehead atoms. The lowest BCUT2D eigenvalue weighted by Gasteiger charge is -2.33. The number of hydrogen-bond acceptors (Lipinski definition) is 7. The van der Waals surface area contributed by atoms with Crippen molar-refractivity contribution in [1.82, 2.24) is 4.90 Å². The normalized spacial score (nSPS) is 18.1. The number of nitriles is 1. The fourth-order valence-corrected chi connectivity index (χ4v) is 6.52. The fraction of sp³-hybridized carbons (Fsp3) is 0.393. The van der Waals surface area contributed by atoms with Gasteiger partial charge in [-0.2, -0.15) is 5.26 Å². The number of likely N-dealkylation sites (tertiary alicyclic amines) is 1. The Morgan fingerprint density at radius 3 is 2.78 bits per heavy atom. The summed E-state index contributed by atoms with van der Waals surface area (Å²) in [7, 11) is 1.14. The first-order valence-corrected chi connectivity index (χ1v) is 15.6. The summed E-state index contributed by atoms with van der Waals surface area (Å²) in [6, 6.07) is 13.4. The topological polar surface area (TPSA) is 77.4 Å². The molecule has 6 nitrogen and oxygen atoms in total. The number of benzene rings is 2. The first-order chi connectivity index (χ1) is 17.7.